The van der Waals surface area contributed by atoms with Crippen molar-refractivity contribution in [3.05, 3.63) is 12.7 Å². The summed E-state index contributed by atoms with van der Waals surface area (Å²) in [7, 11) is 0. The maximum Gasteiger partial charge on any atom is 0.244 e. The molecule has 4 nitrogen and oxygen atoms in total. The largest absolute Gasteiger partial charge is 0.339 e. The molecular formula is C7H11IN2O2. The van der Waals surface area contributed by atoms with Gasteiger partial charge in [-0.2, -0.15) is 0 Å². The third kappa shape index (κ3) is 6.14. The van der Waals surface area contributed by atoms with Crippen LogP contribution in [0.2, 0.25) is 0 Å². The van der Waals surface area contributed by atoms with Crippen molar-refractivity contribution in [1.29, 1.82) is 0 Å². The Labute approximate surface area is 84.9 Å². The Morgan fingerprint density at radius 1 is 1.42 bits per heavy atom. The molecule has 0 aromatic rings. The lowest BCUT2D eigenvalue weighted by Crippen LogP contribution is -2.36. The van der Waals surface area contributed by atoms with Crippen LogP contribution >= 0.6 is 22.6 Å². The van der Waals surface area contributed by atoms with Crippen molar-refractivity contribution >= 4 is 34.4 Å². The van der Waals surface area contributed by atoms with E-state index in [0.29, 0.717) is 6.42 Å². The minimum Gasteiger partial charge on any atom is -0.339 e. The normalized spacial score (nSPS) is 8.75. The van der Waals surface area contributed by atoms with Gasteiger partial charge < -0.3 is 10.6 Å². The number of carbonyl (C=O) groups is 2. The maximum atomic E-state index is 10.8. The van der Waals surface area contributed by atoms with Crippen molar-refractivity contribution in [3.63, 3.8) is 0 Å². The van der Waals surface area contributed by atoms with Gasteiger partial charge in [-0.25, -0.2) is 0 Å². The maximum absolute atomic E-state index is 10.8. The van der Waals surface area contributed by atoms with E-state index in [0.717, 1.165) is 10.5 Å². The lowest BCUT2D eigenvalue weighted by atomic mass is 10.5. The van der Waals surface area contributed by atoms with Gasteiger partial charge in [-0.3, -0.25) is 9.59 Å². The molecule has 0 aromatic carbocycles. The first kappa shape index (κ1) is 11.4. The van der Waals surface area contributed by atoms with Crippen molar-refractivity contribution < 1.29 is 9.59 Å². The number of nitrogens with one attached hydrogen (secondary N) is 2. The average molecular weight is 282 g/mol. The van der Waals surface area contributed by atoms with Crippen LogP contribution < -0.4 is 10.6 Å². The lowest BCUT2D eigenvalue weighted by Gasteiger charge is -2.03. The molecule has 0 aromatic heterocycles. The van der Waals surface area contributed by atoms with Gasteiger partial charge in [0.1, 0.15) is 0 Å². The Hall–Kier alpha value is -0.590. The first-order valence-electron chi connectivity index (χ1n) is 3.43. The highest BCUT2D eigenvalue weighted by molar-refractivity contribution is 14.1. The van der Waals surface area contributed by atoms with Crippen LogP contribution in [0.15, 0.2) is 12.7 Å². The third-order valence-corrected chi connectivity index (χ3v) is 1.59. The van der Waals surface area contributed by atoms with E-state index < -0.39 is 0 Å². The summed E-state index contributed by atoms with van der Waals surface area (Å²) in [5, 5.41) is 4.96. The number of alkyl halides is 1. The molecule has 68 valence electrons. The van der Waals surface area contributed by atoms with Crippen LogP contribution in [0.5, 0.6) is 0 Å². The molecule has 0 heterocycles. The van der Waals surface area contributed by atoms with Gasteiger partial charge >= 0.3 is 0 Å². The second-order valence-corrected chi connectivity index (χ2v) is 3.04. The fourth-order valence-corrected chi connectivity index (χ4v) is 0.966. The molecule has 2 amide bonds. The highest BCUT2D eigenvalue weighted by Gasteiger charge is 1.98. The van der Waals surface area contributed by atoms with Crippen LogP contribution in [0.1, 0.15) is 6.42 Å². The molecule has 0 aliphatic heterocycles. The second-order valence-electron chi connectivity index (χ2n) is 1.96. The summed E-state index contributed by atoms with van der Waals surface area (Å²) in [4.78, 5) is 21.4. The van der Waals surface area contributed by atoms with Crippen LogP contribution in [0.25, 0.3) is 0 Å². The van der Waals surface area contributed by atoms with Crippen molar-refractivity contribution in [3.8, 4) is 0 Å². The third-order valence-electron chi connectivity index (χ3n) is 1.06. The molecule has 0 aliphatic rings. The second kappa shape index (κ2) is 7.08. The first-order valence-corrected chi connectivity index (χ1v) is 4.96. The van der Waals surface area contributed by atoms with Gasteiger partial charge in [0, 0.05) is 10.8 Å². The Morgan fingerprint density at radius 2 is 2.08 bits per heavy atom. The highest BCUT2D eigenvalue weighted by atomic mass is 127. The monoisotopic (exact) mass is 282 g/mol. The van der Waals surface area contributed by atoms with Crippen LogP contribution in [0.3, 0.4) is 0 Å². The molecule has 0 radical (unpaired) electrons. The summed E-state index contributed by atoms with van der Waals surface area (Å²) >= 11 is 2.11. The molecule has 0 saturated carbocycles. The molecule has 0 atom stereocenters. The number of hydrogen-bond donors (Lipinski definition) is 2. The van der Waals surface area contributed by atoms with Crippen LogP contribution in [-0.2, 0) is 9.59 Å². The molecule has 0 saturated heterocycles. The summed E-state index contributed by atoms with van der Waals surface area (Å²) in [5.74, 6) is -0.349. The van der Waals surface area contributed by atoms with Crippen LogP contribution in [0.4, 0.5) is 0 Å². The molecule has 5 heteroatoms. The smallest absolute Gasteiger partial charge is 0.244 e. The standard InChI is InChI=1S/C7H11IN2O2/c1-2-6(11)9-5-10-7(12)3-4-8/h2H,1,3-5H2,(H,9,11)(H,10,12). The van der Waals surface area contributed by atoms with E-state index in [1.165, 1.54) is 0 Å². The van der Waals surface area contributed by atoms with E-state index in [4.69, 9.17) is 0 Å². The zero-order valence-electron chi connectivity index (χ0n) is 6.60. The Balaban J connectivity index is 3.36. The Kier molecular flexibility index (Phi) is 6.73. The summed E-state index contributed by atoms with van der Waals surface area (Å²) < 4.78 is 0.777. The zero-order valence-corrected chi connectivity index (χ0v) is 8.76. The van der Waals surface area contributed by atoms with Crippen molar-refractivity contribution in [2.24, 2.45) is 0 Å². The van der Waals surface area contributed by atoms with E-state index in [1.807, 2.05) is 0 Å². The van der Waals surface area contributed by atoms with E-state index in [2.05, 4.69) is 39.8 Å². The van der Waals surface area contributed by atoms with E-state index in [1.54, 1.807) is 0 Å². The van der Waals surface area contributed by atoms with Crippen LogP contribution in [-0.4, -0.2) is 22.9 Å². The van der Waals surface area contributed by atoms with Gasteiger partial charge in [0.05, 0.1) is 6.67 Å². The zero-order chi connectivity index (χ0) is 9.40. The van der Waals surface area contributed by atoms with E-state index >= 15 is 0 Å². The van der Waals surface area contributed by atoms with Gasteiger partial charge in [0.25, 0.3) is 0 Å². The Morgan fingerprint density at radius 3 is 2.58 bits per heavy atom. The molecular weight excluding hydrogens is 271 g/mol. The summed E-state index contributed by atoms with van der Waals surface area (Å²) in [6.07, 6.45) is 1.63. The SMILES string of the molecule is C=CC(=O)NCNC(=O)CCI. The minimum absolute atomic E-state index is 0.0613. The molecule has 2 N–H and O–H groups in total. The molecule has 0 bridgehead atoms. The molecule has 12 heavy (non-hydrogen) atoms. The van der Waals surface area contributed by atoms with Crippen molar-refractivity contribution in [2.45, 2.75) is 6.42 Å². The van der Waals surface area contributed by atoms with E-state index in [9.17, 15) is 9.59 Å². The van der Waals surface area contributed by atoms with Gasteiger partial charge in [0.2, 0.25) is 11.8 Å². The molecule has 0 unspecified atom stereocenters. The van der Waals surface area contributed by atoms with Gasteiger partial charge in [-0.1, -0.05) is 29.2 Å². The number of hydrogen-bond acceptors (Lipinski definition) is 2. The quantitative estimate of drug-likeness (QED) is 0.327. The lowest BCUT2D eigenvalue weighted by molar-refractivity contribution is -0.121. The van der Waals surface area contributed by atoms with Crippen LogP contribution in [0, 0.1) is 0 Å². The fourth-order valence-electron chi connectivity index (χ4n) is 0.476. The predicted molar refractivity (Wildman–Crippen MR) is 54.9 cm³/mol. The molecule has 0 fully saturated rings. The van der Waals surface area contributed by atoms with E-state index in [-0.39, 0.29) is 18.5 Å². The topological polar surface area (TPSA) is 58.2 Å². The number of halogens is 1. The van der Waals surface area contributed by atoms with Gasteiger partial charge in [-0.05, 0) is 6.08 Å². The molecule has 0 aliphatic carbocycles. The number of carbonyl (C=O) groups excluding carboxylic acids is 2. The highest BCUT2D eigenvalue weighted by Crippen LogP contribution is 1.86. The summed E-state index contributed by atoms with van der Waals surface area (Å²) in [6.45, 7) is 3.44. The summed E-state index contributed by atoms with van der Waals surface area (Å²) in [6, 6.07) is 0. The number of amides is 2. The van der Waals surface area contributed by atoms with Gasteiger partial charge in [0.15, 0.2) is 0 Å². The molecule has 0 rings (SSSR count). The predicted octanol–water partition coefficient (Wildman–Crippen LogP) is 0.187. The average Bonchev–Trinajstić information content (AvgIpc) is 2.04. The van der Waals surface area contributed by atoms with Gasteiger partial charge in [-0.15, -0.1) is 0 Å². The first-order chi connectivity index (χ1) is 5.70. The molecule has 0 spiro atoms. The Bertz CT molecular complexity index is 182. The number of rotatable bonds is 5. The minimum atomic E-state index is -0.287. The fraction of sp³-hybridized carbons (Fsp3) is 0.429. The van der Waals surface area contributed by atoms with Crippen molar-refractivity contribution in [1.82, 2.24) is 10.6 Å². The summed E-state index contributed by atoms with van der Waals surface area (Å²) in [5.41, 5.74) is 0. The van der Waals surface area contributed by atoms with Crippen molar-refractivity contribution in [2.75, 3.05) is 11.1 Å².